The van der Waals surface area contributed by atoms with Gasteiger partial charge >= 0.3 is 0 Å². The first-order valence-electron chi connectivity index (χ1n) is 4.38. The summed E-state index contributed by atoms with van der Waals surface area (Å²) >= 11 is 3.49. The van der Waals surface area contributed by atoms with E-state index in [-0.39, 0.29) is 12.4 Å². The molecule has 2 rings (SSSR count). The van der Waals surface area contributed by atoms with E-state index >= 15 is 0 Å². The van der Waals surface area contributed by atoms with Gasteiger partial charge in [0.25, 0.3) is 0 Å². The van der Waals surface area contributed by atoms with E-state index in [0.717, 1.165) is 6.54 Å². The van der Waals surface area contributed by atoms with E-state index in [4.69, 9.17) is 0 Å². The number of halogens is 2. The van der Waals surface area contributed by atoms with Crippen LogP contribution in [0.3, 0.4) is 0 Å². The Hall–Kier alpha value is -0.210. The van der Waals surface area contributed by atoms with Crippen LogP contribution in [0, 0.1) is 0 Å². The summed E-state index contributed by atoms with van der Waals surface area (Å²) in [5.41, 5.74) is 2.76. The summed E-state index contributed by atoms with van der Waals surface area (Å²) in [6.07, 6.45) is 3.80. The molecule has 0 bridgehead atoms. The largest absolute Gasteiger partial charge is 0.385 e. The lowest BCUT2D eigenvalue weighted by Crippen LogP contribution is -1.98. The third-order valence-electron chi connectivity index (χ3n) is 2.26. The number of hydrogen-bond acceptors (Lipinski definition) is 1. The van der Waals surface area contributed by atoms with Crippen molar-refractivity contribution in [1.29, 1.82) is 0 Å². The lowest BCUT2D eigenvalue weighted by atomic mass is 10.1. The molecule has 1 heterocycles. The minimum Gasteiger partial charge on any atom is -0.385 e. The number of rotatable bonds is 0. The lowest BCUT2D eigenvalue weighted by Gasteiger charge is -2.06. The number of aryl methyl sites for hydroxylation is 1. The molecule has 13 heavy (non-hydrogen) atoms. The fourth-order valence-electron chi connectivity index (χ4n) is 1.61. The second-order valence-electron chi connectivity index (χ2n) is 3.19. The van der Waals surface area contributed by atoms with Gasteiger partial charge in [-0.2, -0.15) is 0 Å². The normalized spacial score (nSPS) is 14.8. The second-order valence-corrected chi connectivity index (χ2v) is 4.10. The number of hydrogen-bond donors (Lipinski definition) is 1. The Bertz CT molecular complexity index is 288. The van der Waals surface area contributed by atoms with Gasteiger partial charge in [0.15, 0.2) is 0 Å². The van der Waals surface area contributed by atoms with E-state index in [1.54, 1.807) is 0 Å². The molecule has 72 valence electrons. The monoisotopic (exact) mass is 261 g/mol. The van der Waals surface area contributed by atoms with E-state index in [1.165, 1.54) is 35.0 Å². The third kappa shape index (κ3) is 2.61. The van der Waals surface area contributed by atoms with Crippen LogP contribution >= 0.6 is 28.3 Å². The van der Waals surface area contributed by atoms with Gasteiger partial charge in [0, 0.05) is 16.7 Å². The summed E-state index contributed by atoms with van der Waals surface area (Å²) in [5, 5.41) is 3.43. The highest BCUT2D eigenvalue weighted by molar-refractivity contribution is 9.10. The van der Waals surface area contributed by atoms with Crippen LogP contribution in [0.15, 0.2) is 22.7 Å². The Morgan fingerprint density at radius 1 is 1.23 bits per heavy atom. The molecule has 3 heteroatoms. The Morgan fingerprint density at radius 3 is 2.92 bits per heavy atom. The fourth-order valence-corrected chi connectivity index (χ4v) is 2.01. The molecular formula is C10H13BrClN. The first-order valence-corrected chi connectivity index (χ1v) is 5.18. The van der Waals surface area contributed by atoms with Crippen molar-refractivity contribution in [3.05, 3.63) is 28.2 Å². The fraction of sp³-hybridized carbons (Fsp3) is 0.400. The van der Waals surface area contributed by atoms with Crippen LogP contribution < -0.4 is 5.32 Å². The summed E-state index contributed by atoms with van der Waals surface area (Å²) in [7, 11) is 0. The third-order valence-corrected chi connectivity index (χ3v) is 2.75. The summed E-state index contributed by atoms with van der Waals surface area (Å²) in [6.45, 7) is 1.12. The molecule has 0 aromatic heterocycles. The van der Waals surface area contributed by atoms with Gasteiger partial charge in [-0.15, -0.1) is 12.4 Å². The predicted octanol–water partition coefficient (Wildman–Crippen LogP) is 3.62. The molecule has 1 aromatic rings. The second kappa shape index (κ2) is 4.87. The zero-order valence-corrected chi connectivity index (χ0v) is 9.75. The number of anilines is 1. The van der Waals surface area contributed by atoms with E-state index in [0.29, 0.717) is 0 Å². The average molecular weight is 263 g/mol. The molecular weight excluding hydrogens is 249 g/mol. The van der Waals surface area contributed by atoms with Crippen molar-refractivity contribution >= 4 is 34.0 Å². The van der Waals surface area contributed by atoms with E-state index < -0.39 is 0 Å². The zero-order valence-electron chi connectivity index (χ0n) is 7.35. The molecule has 1 aromatic carbocycles. The van der Waals surface area contributed by atoms with Crippen LogP contribution in [0.4, 0.5) is 5.69 Å². The van der Waals surface area contributed by atoms with Crippen molar-refractivity contribution in [3.63, 3.8) is 0 Å². The maximum Gasteiger partial charge on any atom is 0.0373 e. The first-order chi connectivity index (χ1) is 5.86. The minimum atomic E-state index is 0. The molecule has 0 fully saturated rings. The van der Waals surface area contributed by atoms with Crippen LogP contribution in [-0.4, -0.2) is 6.54 Å². The Labute approximate surface area is 93.5 Å². The molecule has 0 unspecified atom stereocenters. The van der Waals surface area contributed by atoms with Gasteiger partial charge in [-0.05, 0) is 43.0 Å². The molecule has 0 atom stereocenters. The number of benzene rings is 1. The van der Waals surface area contributed by atoms with Crippen LogP contribution in [0.25, 0.3) is 0 Å². The summed E-state index contributed by atoms with van der Waals surface area (Å²) in [5.74, 6) is 0. The van der Waals surface area contributed by atoms with E-state index in [1.807, 2.05) is 0 Å². The number of nitrogens with one attached hydrogen (secondary N) is 1. The van der Waals surface area contributed by atoms with Gasteiger partial charge < -0.3 is 5.32 Å². The standard InChI is InChI=1S/C10H12BrN.ClH/c11-9-4-5-10-8(7-9)3-1-2-6-12-10;/h4-5,7,12H,1-3,6H2;1H. The highest BCUT2D eigenvalue weighted by atomic mass is 79.9. The van der Waals surface area contributed by atoms with Gasteiger partial charge in [-0.25, -0.2) is 0 Å². The highest BCUT2D eigenvalue weighted by Gasteiger charge is 2.06. The number of fused-ring (bicyclic) bond motifs is 1. The van der Waals surface area contributed by atoms with Gasteiger partial charge in [-0.1, -0.05) is 15.9 Å². The molecule has 1 aliphatic rings. The molecule has 0 saturated carbocycles. The average Bonchev–Trinajstić information content (AvgIpc) is 2.28. The van der Waals surface area contributed by atoms with Crippen molar-refractivity contribution in [2.45, 2.75) is 19.3 Å². The predicted molar refractivity (Wildman–Crippen MR) is 62.8 cm³/mol. The van der Waals surface area contributed by atoms with Crippen LogP contribution in [0.2, 0.25) is 0 Å². The van der Waals surface area contributed by atoms with Crippen molar-refractivity contribution < 1.29 is 0 Å². The van der Waals surface area contributed by atoms with Gasteiger partial charge in [0.05, 0.1) is 0 Å². The van der Waals surface area contributed by atoms with E-state index in [2.05, 4.69) is 39.4 Å². The Morgan fingerprint density at radius 2 is 2.08 bits per heavy atom. The zero-order chi connectivity index (χ0) is 8.39. The maximum atomic E-state index is 3.49. The molecule has 1 N–H and O–H groups in total. The van der Waals surface area contributed by atoms with Gasteiger partial charge in [0.1, 0.15) is 0 Å². The minimum absolute atomic E-state index is 0. The van der Waals surface area contributed by atoms with Gasteiger partial charge in [-0.3, -0.25) is 0 Å². The summed E-state index contributed by atoms with van der Waals surface area (Å²) in [6, 6.07) is 6.47. The summed E-state index contributed by atoms with van der Waals surface area (Å²) < 4.78 is 1.19. The van der Waals surface area contributed by atoms with Crippen molar-refractivity contribution in [3.8, 4) is 0 Å². The van der Waals surface area contributed by atoms with Crippen LogP contribution in [0.5, 0.6) is 0 Å². The smallest absolute Gasteiger partial charge is 0.0373 e. The molecule has 0 amide bonds. The molecule has 0 saturated heterocycles. The highest BCUT2D eigenvalue weighted by Crippen LogP contribution is 2.24. The molecule has 1 nitrogen and oxygen atoms in total. The first kappa shape index (κ1) is 10.9. The maximum absolute atomic E-state index is 3.49. The molecule has 0 spiro atoms. The lowest BCUT2D eigenvalue weighted by molar-refractivity contribution is 0.785. The van der Waals surface area contributed by atoms with Crippen molar-refractivity contribution in [1.82, 2.24) is 0 Å². The van der Waals surface area contributed by atoms with Crippen molar-refractivity contribution in [2.24, 2.45) is 0 Å². The topological polar surface area (TPSA) is 12.0 Å². The Kier molecular flexibility index (Phi) is 4.07. The summed E-state index contributed by atoms with van der Waals surface area (Å²) in [4.78, 5) is 0. The van der Waals surface area contributed by atoms with E-state index in [9.17, 15) is 0 Å². The molecule has 0 radical (unpaired) electrons. The van der Waals surface area contributed by atoms with Crippen molar-refractivity contribution in [2.75, 3.05) is 11.9 Å². The van der Waals surface area contributed by atoms with Gasteiger partial charge in [0.2, 0.25) is 0 Å². The quantitative estimate of drug-likeness (QED) is 0.753. The van der Waals surface area contributed by atoms with Crippen LogP contribution in [0.1, 0.15) is 18.4 Å². The molecule has 1 aliphatic heterocycles. The van der Waals surface area contributed by atoms with Crippen LogP contribution in [-0.2, 0) is 6.42 Å². The molecule has 0 aliphatic carbocycles. The Balaban J connectivity index is 0.000000845. The SMILES string of the molecule is Brc1ccc2c(c1)CCCCN2.Cl.